The van der Waals surface area contributed by atoms with Crippen molar-refractivity contribution in [1.29, 1.82) is 0 Å². The third-order valence-electron chi connectivity index (χ3n) is 3.68. The van der Waals surface area contributed by atoms with E-state index in [4.69, 9.17) is 15.9 Å². The average molecular weight is 397 g/mol. The third kappa shape index (κ3) is 6.36. The summed E-state index contributed by atoms with van der Waals surface area (Å²) in [4.78, 5) is 23.7. The number of para-hydroxylation sites is 1. The lowest BCUT2D eigenvalue weighted by molar-refractivity contribution is -0.120. The first kappa shape index (κ1) is 21.4. The highest BCUT2D eigenvalue weighted by molar-refractivity contribution is 5.94. The van der Waals surface area contributed by atoms with E-state index in [1.807, 2.05) is 0 Å². The smallest absolute Gasteiger partial charge is 0.254 e. The normalized spacial score (nSPS) is 10.2. The standard InChI is InChI=1S/C21H20FN3O4/c1-3-13-29-20-15(7-6-10-18(20)28-2)14-24-25-19(26)11-12-23-21(27)16-8-4-5-9-17(16)22/h1,4-10,14H,11-13H2,2H3,(H,23,27)(H,25,26). The second-order valence-corrected chi connectivity index (χ2v) is 5.65. The van der Waals surface area contributed by atoms with E-state index in [9.17, 15) is 14.0 Å². The van der Waals surface area contributed by atoms with Crippen molar-refractivity contribution in [3.05, 3.63) is 59.4 Å². The molecule has 29 heavy (non-hydrogen) atoms. The van der Waals surface area contributed by atoms with Gasteiger partial charge in [-0.25, -0.2) is 9.82 Å². The molecule has 0 bridgehead atoms. The Morgan fingerprint density at radius 1 is 1.24 bits per heavy atom. The molecule has 150 valence electrons. The van der Waals surface area contributed by atoms with Gasteiger partial charge in [0.1, 0.15) is 12.4 Å². The first-order chi connectivity index (χ1) is 14.1. The average Bonchev–Trinajstić information content (AvgIpc) is 2.72. The number of halogens is 1. The molecular formula is C21H20FN3O4. The zero-order chi connectivity index (χ0) is 21.1. The van der Waals surface area contributed by atoms with Gasteiger partial charge in [-0.05, 0) is 24.3 Å². The molecule has 0 heterocycles. The first-order valence-corrected chi connectivity index (χ1v) is 8.64. The van der Waals surface area contributed by atoms with Crippen molar-refractivity contribution in [2.45, 2.75) is 6.42 Å². The van der Waals surface area contributed by atoms with Gasteiger partial charge < -0.3 is 14.8 Å². The number of hydrazone groups is 1. The molecule has 0 saturated carbocycles. The molecule has 2 aromatic rings. The van der Waals surface area contributed by atoms with Crippen molar-refractivity contribution in [1.82, 2.24) is 10.7 Å². The molecule has 0 aliphatic carbocycles. The third-order valence-corrected chi connectivity index (χ3v) is 3.68. The van der Waals surface area contributed by atoms with Gasteiger partial charge in [-0.3, -0.25) is 9.59 Å². The minimum absolute atomic E-state index is 0.0317. The number of ether oxygens (including phenoxy) is 2. The number of rotatable bonds is 9. The van der Waals surface area contributed by atoms with E-state index in [-0.39, 0.29) is 25.1 Å². The number of nitrogens with zero attached hydrogens (tertiary/aromatic N) is 1. The molecule has 0 unspecified atom stereocenters. The van der Waals surface area contributed by atoms with Gasteiger partial charge in [-0.2, -0.15) is 5.10 Å². The molecule has 7 nitrogen and oxygen atoms in total. The van der Waals surface area contributed by atoms with E-state index in [2.05, 4.69) is 21.8 Å². The highest BCUT2D eigenvalue weighted by Gasteiger charge is 2.11. The van der Waals surface area contributed by atoms with E-state index in [0.717, 1.165) is 0 Å². The van der Waals surface area contributed by atoms with Crippen LogP contribution in [0.2, 0.25) is 0 Å². The zero-order valence-electron chi connectivity index (χ0n) is 15.8. The number of carbonyl (C=O) groups is 2. The molecule has 0 radical (unpaired) electrons. The lowest BCUT2D eigenvalue weighted by Gasteiger charge is -2.11. The second-order valence-electron chi connectivity index (χ2n) is 5.65. The van der Waals surface area contributed by atoms with Crippen molar-refractivity contribution in [3.8, 4) is 23.8 Å². The molecule has 2 aromatic carbocycles. The lowest BCUT2D eigenvalue weighted by atomic mass is 10.2. The van der Waals surface area contributed by atoms with Crippen molar-refractivity contribution in [2.24, 2.45) is 5.10 Å². The van der Waals surface area contributed by atoms with Crippen molar-refractivity contribution in [3.63, 3.8) is 0 Å². The summed E-state index contributed by atoms with van der Waals surface area (Å²) >= 11 is 0. The van der Waals surface area contributed by atoms with E-state index in [0.29, 0.717) is 17.1 Å². The predicted octanol–water partition coefficient (Wildman–Crippen LogP) is 2.12. The predicted molar refractivity (Wildman–Crippen MR) is 106 cm³/mol. The summed E-state index contributed by atoms with van der Waals surface area (Å²) in [5.74, 6) is 1.61. The quantitative estimate of drug-likeness (QED) is 0.385. The number of methoxy groups -OCH3 is 1. The molecule has 0 aliphatic rings. The summed E-state index contributed by atoms with van der Waals surface area (Å²) in [5.41, 5.74) is 2.83. The van der Waals surface area contributed by atoms with Crippen LogP contribution >= 0.6 is 0 Å². The molecule has 0 spiro atoms. The number of hydrogen-bond donors (Lipinski definition) is 2. The maximum absolute atomic E-state index is 13.5. The Kier molecular flexibility index (Phi) is 8.20. The molecule has 2 N–H and O–H groups in total. The largest absolute Gasteiger partial charge is 0.493 e. The van der Waals surface area contributed by atoms with Crippen LogP contribution in [0.15, 0.2) is 47.6 Å². The Morgan fingerprint density at radius 3 is 2.76 bits per heavy atom. The van der Waals surface area contributed by atoms with Gasteiger partial charge >= 0.3 is 0 Å². The molecule has 0 aliphatic heterocycles. The van der Waals surface area contributed by atoms with E-state index < -0.39 is 17.6 Å². The molecule has 0 aromatic heterocycles. The minimum atomic E-state index is -0.625. The van der Waals surface area contributed by atoms with E-state index in [1.165, 1.54) is 31.5 Å². The van der Waals surface area contributed by atoms with Crippen LogP contribution in [0.4, 0.5) is 4.39 Å². The van der Waals surface area contributed by atoms with Crippen molar-refractivity contribution in [2.75, 3.05) is 20.3 Å². The fourth-order valence-corrected chi connectivity index (χ4v) is 2.32. The second kappa shape index (κ2) is 11.1. The Morgan fingerprint density at radius 2 is 2.03 bits per heavy atom. The minimum Gasteiger partial charge on any atom is -0.493 e. The van der Waals surface area contributed by atoms with Gasteiger partial charge in [0.15, 0.2) is 11.5 Å². The van der Waals surface area contributed by atoms with Crippen LogP contribution in [0, 0.1) is 18.2 Å². The van der Waals surface area contributed by atoms with Gasteiger partial charge in [0.25, 0.3) is 5.91 Å². The summed E-state index contributed by atoms with van der Waals surface area (Å²) in [6.07, 6.45) is 6.58. The maximum atomic E-state index is 13.5. The Balaban J connectivity index is 1.86. The monoisotopic (exact) mass is 397 g/mol. The Hall–Kier alpha value is -3.86. The molecule has 0 saturated heterocycles. The van der Waals surface area contributed by atoms with E-state index >= 15 is 0 Å². The van der Waals surface area contributed by atoms with Crippen molar-refractivity contribution >= 4 is 18.0 Å². The highest BCUT2D eigenvalue weighted by Crippen LogP contribution is 2.29. The molecule has 0 atom stereocenters. The van der Waals surface area contributed by atoms with Crippen LogP contribution in [0.5, 0.6) is 11.5 Å². The Labute approximate surface area is 167 Å². The summed E-state index contributed by atoms with van der Waals surface area (Å²) < 4.78 is 24.2. The zero-order valence-corrected chi connectivity index (χ0v) is 15.8. The number of carbonyl (C=O) groups excluding carboxylic acids is 2. The van der Waals surface area contributed by atoms with Crippen LogP contribution < -0.4 is 20.2 Å². The van der Waals surface area contributed by atoms with Crippen LogP contribution in [-0.2, 0) is 4.79 Å². The molecular weight excluding hydrogens is 377 g/mol. The summed E-state index contributed by atoms with van der Waals surface area (Å²) in [6, 6.07) is 10.8. The van der Waals surface area contributed by atoms with Crippen LogP contribution in [0.1, 0.15) is 22.3 Å². The van der Waals surface area contributed by atoms with Gasteiger partial charge in [-0.1, -0.05) is 24.1 Å². The lowest BCUT2D eigenvalue weighted by Crippen LogP contribution is -2.29. The fourth-order valence-electron chi connectivity index (χ4n) is 2.32. The highest BCUT2D eigenvalue weighted by atomic mass is 19.1. The number of amides is 2. The summed E-state index contributed by atoms with van der Waals surface area (Å²) in [7, 11) is 1.50. The van der Waals surface area contributed by atoms with Gasteiger partial charge in [0, 0.05) is 18.5 Å². The van der Waals surface area contributed by atoms with Crippen LogP contribution in [0.3, 0.4) is 0 Å². The van der Waals surface area contributed by atoms with Gasteiger partial charge in [0.2, 0.25) is 5.91 Å². The molecule has 2 rings (SSSR count). The SMILES string of the molecule is C#CCOc1c(C=NNC(=O)CCNC(=O)c2ccccc2F)cccc1OC. The summed E-state index contributed by atoms with van der Waals surface area (Å²) in [5, 5.41) is 6.35. The number of benzene rings is 2. The van der Waals surface area contributed by atoms with Crippen LogP contribution in [0.25, 0.3) is 0 Å². The molecule has 0 fully saturated rings. The van der Waals surface area contributed by atoms with Gasteiger partial charge in [0.05, 0.1) is 18.9 Å². The molecule has 8 heteroatoms. The topological polar surface area (TPSA) is 89.0 Å². The number of hydrogen-bond acceptors (Lipinski definition) is 5. The van der Waals surface area contributed by atoms with Crippen molar-refractivity contribution < 1.29 is 23.5 Å². The van der Waals surface area contributed by atoms with Gasteiger partial charge in [-0.15, -0.1) is 6.42 Å². The fraction of sp³-hybridized carbons (Fsp3) is 0.190. The Bertz CT molecular complexity index is 938. The molecule has 2 amide bonds. The van der Waals surface area contributed by atoms with E-state index in [1.54, 1.807) is 24.3 Å². The summed E-state index contributed by atoms with van der Waals surface area (Å²) in [6.45, 7) is 0.0828. The van der Waals surface area contributed by atoms with Crippen LogP contribution in [-0.4, -0.2) is 38.3 Å². The number of terminal acetylenes is 1. The number of nitrogens with one attached hydrogen (secondary N) is 2. The first-order valence-electron chi connectivity index (χ1n) is 8.64. The maximum Gasteiger partial charge on any atom is 0.254 e.